The van der Waals surface area contributed by atoms with Crippen LogP contribution in [0.2, 0.25) is 0 Å². The van der Waals surface area contributed by atoms with E-state index in [-0.39, 0.29) is 11.3 Å². The van der Waals surface area contributed by atoms with Gasteiger partial charge in [-0.3, -0.25) is 9.88 Å². The molecule has 0 spiro atoms. The number of aromatic carboxylic acids is 1. The monoisotopic (exact) mass is 439 g/mol. The Morgan fingerprint density at radius 1 is 0.879 bits per heavy atom. The van der Waals surface area contributed by atoms with E-state index in [4.69, 9.17) is 0 Å². The zero-order valence-corrected chi connectivity index (χ0v) is 18.2. The summed E-state index contributed by atoms with van der Waals surface area (Å²) in [6.45, 7) is 4.37. The van der Waals surface area contributed by atoms with E-state index in [2.05, 4.69) is 63.3 Å². The molecule has 1 aromatic heterocycles. The summed E-state index contributed by atoms with van der Waals surface area (Å²) in [5, 5.41) is 20.0. The zero-order valence-electron chi connectivity index (χ0n) is 18.2. The fourth-order valence-electron chi connectivity index (χ4n) is 4.41. The number of hydrogen-bond acceptors (Lipinski definition) is 5. The predicted molar refractivity (Wildman–Crippen MR) is 130 cm³/mol. The number of aromatic nitrogens is 1. The number of carbonyl (C=O) groups is 1. The summed E-state index contributed by atoms with van der Waals surface area (Å²) in [7, 11) is 0. The second-order valence-electron chi connectivity index (χ2n) is 8.35. The minimum absolute atomic E-state index is 0.00958. The Labute approximate surface area is 192 Å². The van der Waals surface area contributed by atoms with Crippen molar-refractivity contribution in [2.45, 2.75) is 6.54 Å². The van der Waals surface area contributed by atoms with Crippen molar-refractivity contribution in [1.29, 1.82) is 0 Å². The molecule has 33 heavy (non-hydrogen) atoms. The van der Waals surface area contributed by atoms with E-state index in [9.17, 15) is 15.0 Å². The number of phenols is 1. The predicted octanol–water partition coefficient (Wildman–Crippen LogP) is 4.63. The topological polar surface area (TPSA) is 76.9 Å². The molecule has 0 amide bonds. The van der Waals surface area contributed by atoms with Crippen LogP contribution in [0.3, 0.4) is 0 Å². The lowest BCUT2D eigenvalue weighted by Gasteiger charge is -2.36. The van der Waals surface area contributed by atoms with E-state index in [0.717, 1.165) is 38.4 Å². The smallest absolute Gasteiger partial charge is 0.336 e. The number of hydrogen-bond donors (Lipinski definition) is 2. The van der Waals surface area contributed by atoms with Crippen molar-refractivity contribution in [1.82, 2.24) is 9.88 Å². The molecule has 0 saturated carbocycles. The molecule has 5 rings (SSSR count). The van der Waals surface area contributed by atoms with Crippen molar-refractivity contribution >= 4 is 22.6 Å². The third-order valence-corrected chi connectivity index (χ3v) is 6.25. The molecule has 2 heterocycles. The molecule has 0 bridgehead atoms. The SMILES string of the molecule is O=C(O)c1ccc(O)c2ncc(N3CCN(Cc4ccc(-c5ccccc5)cc4)CC3)cc12. The largest absolute Gasteiger partial charge is 0.506 e. The molecule has 166 valence electrons. The first-order valence-electron chi connectivity index (χ1n) is 11.1. The Balaban J connectivity index is 1.25. The number of phenolic OH excluding ortho intramolecular Hbond substituents is 1. The standard InChI is InChI=1S/C27H25N3O3/c31-25-11-10-23(27(32)33)24-16-22(17-28-26(24)25)30-14-12-29(13-15-30)18-19-6-8-21(9-7-19)20-4-2-1-3-5-20/h1-11,16-17,31H,12-15,18H2,(H,32,33). The summed E-state index contributed by atoms with van der Waals surface area (Å²) in [6.07, 6.45) is 1.71. The summed E-state index contributed by atoms with van der Waals surface area (Å²) in [5.74, 6) is -1.04. The molecule has 6 nitrogen and oxygen atoms in total. The molecule has 0 atom stereocenters. The highest BCUT2D eigenvalue weighted by molar-refractivity contribution is 6.05. The van der Waals surface area contributed by atoms with Gasteiger partial charge in [0.1, 0.15) is 11.3 Å². The number of benzene rings is 3. The maximum absolute atomic E-state index is 11.6. The van der Waals surface area contributed by atoms with E-state index in [0.29, 0.717) is 10.9 Å². The van der Waals surface area contributed by atoms with E-state index < -0.39 is 5.97 Å². The van der Waals surface area contributed by atoms with Gasteiger partial charge in [-0.2, -0.15) is 0 Å². The van der Waals surface area contributed by atoms with E-state index in [1.54, 1.807) is 6.20 Å². The molecular weight excluding hydrogens is 414 g/mol. The number of carboxylic acids is 1. The average molecular weight is 440 g/mol. The van der Waals surface area contributed by atoms with Gasteiger partial charge in [-0.25, -0.2) is 4.79 Å². The van der Waals surface area contributed by atoms with Gasteiger partial charge in [0.25, 0.3) is 0 Å². The van der Waals surface area contributed by atoms with Gasteiger partial charge in [-0.15, -0.1) is 0 Å². The minimum Gasteiger partial charge on any atom is -0.506 e. The van der Waals surface area contributed by atoms with Crippen LogP contribution >= 0.6 is 0 Å². The molecule has 1 fully saturated rings. The number of piperazine rings is 1. The summed E-state index contributed by atoms with van der Waals surface area (Å²) >= 11 is 0. The molecule has 6 heteroatoms. The van der Waals surface area contributed by atoms with Gasteiger partial charge in [-0.05, 0) is 34.9 Å². The lowest BCUT2D eigenvalue weighted by atomic mass is 10.0. The number of carboxylic acid groups (broad SMARTS) is 1. The number of anilines is 1. The van der Waals surface area contributed by atoms with E-state index in [1.165, 1.54) is 28.8 Å². The number of fused-ring (bicyclic) bond motifs is 1. The number of pyridine rings is 1. The van der Waals surface area contributed by atoms with Gasteiger partial charge in [0.2, 0.25) is 0 Å². The van der Waals surface area contributed by atoms with Crippen LogP contribution in [-0.2, 0) is 6.54 Å². The average Bonchev–Trinajstić information content (AvgIpc) is 2.85. The Morgan fingerprint density at radius 2 is 1.58 bits per heavy atom. The van der Waals surface area contributed by atoms with Gasteiger partial charge >= 0.3 is 5.97 Å². The van der Waals surface area contributed by atoms with Gasteiger partial charge < -0.3 is 15.1 Å². The molecule has 3 aromatic carbocycles. The molecule has 1 saturated heterocycles. The molecular formula is C27H25N3O3. The zero-order chi connectivity index (χ0) is 22.8. The third-order valence-electron chi connectivity index (χ3n) is 6.25. The van der Waals surface area contributed by atoms with Crippen molar-refractivity contribution in [3.8, 4) is 16.9 Å². The van der Waals surface area contributed by atoms with Crippen molar-refractivity contribution in [3.05, 3.63) is 90.1 Å². The fraction of sp³-hybridized carbons (Fsp3) is 0.185. The van der Waals surface area contributed by atoms with Crippen LogP contribution in [0.5, 0.6) is 5.75 Å². The highest BCUT2D eigenvalue weighted by Crippen LogP contribution is 2.30. The van der Waals surface area contributed by atoms with Gasteiger partial charge in [0.15, 0.2) is 0 Å². The molecule has 0 radical (unpaired) electrons. The molecule has 0 unspecified atom stereocenters. The molecule has 0 aliphatic carbocycles. The summed E-state index contributed by atoms with van der Waals surface area (Å²) in [5.41, 5.74) is 5.08. The highest BCUT2D eigenvalue weighted by atomic mass is 16.4. The summed E-state index contributed by atoms with van der Waals surface area (Å²) in [6, 6.07) is 23.8. The maximum atomic E-state index is 11.6. The Kier molecular flexibility index (Phi) is 5.67. The molecule has 4 aromatic rings. The van der Waals surface area contributed by atoms with E-state index >= 15 is 0 Å². The lowest BCUT2D eigenvalue weighted by molar-refractivity contribution is 0.0699. The van der Waals surface area contributed by atoms with Gasteiger partial charge in [0, 0.05) is 38.1 Å². The Morgan fingerprint density at radius 3 is 2.27 bits per heavy atom. The first-order valence-corrected chi connectivity index (χ1v) is 11.1. The number of aromatic hydroxyl groups is 1. The minimum atomic E-state index is -1.03. The first-order chi connectivity index (χ1) is 16.1. The van der Waals surface area contributed by atoms with Crippen molar-refractivity contribution < 1.29 is 15.0 Å². The summed E-state index contributed by atoms with van der Waals surface area (Å²) in [4.78, 5) is 20.6. The second kappa shape index (κ2) is 8.92. The van der Waals surface area contributed by atoms with Crippen molar-refractivity contribution in [3.63, 3.8) is 0 Å². The summed E-state index contributed by atoms with van der Waals surface area (Å²) < 4.78 is 0. The van der Waals surface area contributed by atoms with Crippen LogP contribution in [0.15, 0.2) is 79.0 Å². The fourth-order valence-corrected chi connectivity index (χ4v) is 4.41. The van der Waals surface area contributed by atoms with Crippen LogP contribution in [0.4, 0.5) is 5.69 Å². The second-order valence-corrected chi connectivity index (χ2v) is 8.35. The lowest BCUT2D eigenvalue weighted by Crippen LogP contribution is -2.46. The van der Waals surface area contributed by atoms with Gasteiger partial charge in [-0.1, -0.05) is 54.6 Å². The molecule has 2 N–H and O–H groups in total. The Bertz CT molecular complexity index is 1280. The molecule has 1 aliphatic heterocycles. The van der Waals surface area contributed by atoms with Crippen LogP contribution in [0.25, 0.3) is 22.0 Å². The highest BCUT2D eigenvalue weighted by Gasteiger charge is 2.20. The quantitative estimate of drug-likeness (QED) is 0.472. The third kappa shape index (κ3) is 4.38. The molecule has 1 aliphatic rings. The van der Waals surface area contributed by atoms with Crippen LogP contribution in [-0.4, -0.2) is 52.2 Å². The first kappa shape index (κ1) is 21.0. The van der Waals surface area contributed by atoms with Crippen LogP contribution in [0, 0.1) is 0 Å². The number of nitrogens with zero attached hydrogens (tertiary/aromatic N) is 3. The van der Waals surface area contributed by atoms with Gasteiger partial charge in [0.05, 0.1) is 17.4 Å². The van der Waals surface area contributed by atoms with Crippen LogP contribution < -0.4 is 4.90 Å². The van der Waals surface area contributed by atoms with Crippen molar-refractivity contribution in [2.24, 2.45) is 0 Å². The number of rotatable bonds is 5. The van der Waals surface area contributed by atoms with E-state index in [1.807, 2.05) is 12.1 Å². The Hall–Kier alpha value is -3.90. The maximum Gasteiger partial charge on any atom is 0.336 e. The van der Waals surface area contributed by atoms with Crippen molar-refractivity contribution in [2.75, 3.05) is 31.1 Å². The van der Waals surface area contributed by atoms with Crippen LogP contribution in [0.1, 0.15) is 15.9 Å². The normalized spacial score (nSPS) is 14.5.